The predicted octanol–water partition coefficient (Wildman–Crippen LogP) is 2.28. The Hall–Kier alpha value is -2.37. The van der Waals surface area contributed by atoms with Crippen molar-refractivity contribution in [3.05, 3.63) is 48.3 Å². The summed E-state index contributed by atoms with van der Waals surface area (Å²) in [4.78, 5) is 16.0. The molecule has 2 aromatic rings. The maximum Gasteiger partial charge on any atom is 0.334 e. The summed E-state index contributed by atoms with van der Waals surface area (Å²) in [6.45, 7) is 1.98. The smallest absolute Gasteiger partial charge is 0.334 e. The zero-order chi connectivity index (χ0) is 14.5. The molecule has 0 fully saturated rings. The van der Waals surface area contributed by atoms with E-state index in [2.05, 4.69) is 10.3 Å². The van der Waals surface area contributed by atoms with Crippen LogP contribution in [0.4, 0.5) is 10.1 Å². The average Bonchev–Trinajstić information content (AvgIpc) is 2.84. The first-order valence-electron chi connectivity index (χ1n) is 6.27. The normalized spacial score (nSPS) is 11.9. The predicted molar refractivity (Wildman–Crippen MR) is 72.6 cm³/mol. The third kappa shape index (κ3) is 2.96. The van der Waals surface area contributed by atoms with Crippen LogP contribution in [0.5, 0.6) is 0 Å². The van der Waals surface area contributed by atoms with Gasteiger partial charge in [-0.2, -0.15) is 0 Å². The minimum absolute atomic E-state index is 0.242. The number of halogens is 1. The van der Waals surface area contributed by atoms with Gasteiger partial charge >= 0.3 is 5.97 Å². The van der Waals surface area contributed by atoms with Crippen LogP contribution in [0.15, 0.2) is 36.8 Å². The molecular formula is C14H16FN3O2. The van der Waals surface area contributed by atoms with Crippen molar-refractivity contribution in [2.24, 2.45) is 7.05 Å². The largest absolute Gasteiger partial charge is 0.464 e. The van der Waals surface area contributed by atoms with E-state index < -0.39 is 17.8 Å². The highest BCUT2D eigenvalue weighted by atomic mass is 19.1. The Morgan fingerprint density at radius 3 is 2.85 bits per heavy atom. The third-order valence-corrected chi connectivity index (χ3v) is 2.85. The summed E-state index contributed by atoms with van der Waals surface area (Å²) in [6.07, 6.45) is 3.13. The molecule has 1 aromatic heterocycles. The van der Waals surface area contributed by atoms with Crippen LogP contribution >= 0.6 is 0 Å². The van der Waals surface area contributed by atoms with Crippen LogP contribution in [0, 0.1) is 5.82 Å². The first-order chi connectivity index (χ1) is 9.63. The molecule has 0 saturated heterocycles. The molecule has 0 aliphatic rings. The molecule has 2 rings (SSSR count). The van der Waals surface area contributed by atoms with Crippen molar-refractivity contribution >= 4 is 11.7 Å². The zero-order valence-corrected chi connectivity index (χ0v) is 11.3. The number of esters is 1. The minimum Gasteiger partial charge on any atom is -0.464 e. The van der Waals surface area contributed by atoms with Crippen LogP contribution in [0.2, 0.25) is 0 Å². The lowest BCUT2D eigenvalue weighted by Gasteiger charge is -2.19. The Morgan fingerprint density at radius 2 is 2.25 bits per heavy atom. The molecule has 1 unspecified atom stereocenters. The number of anilines is 1. The van der Waals surface area contributed by atoms with Gasteiger partial charge in [0.15, 0.2) is 6.04 Å². The standard InChI is InChI=1S/C14H16FN3O2/c1-3-20-14(19)13(12-8-16-9-18(12)2)17-11-7-5-4-6-10(11)15/h4-9,13,17H,3H2,1-2H3. The maximum absolute atomic E-state index is 13.7. The lowest BCUT2D eigenvalue weighted by molar-refractivity contribution is -0.144. The van der Waals surface area contributed by atoms with E-state index in [0.29, 0.717) is 5.69 Å². The van der Waals surface area contributed by atoms with Crippen LogP contribution in [0.3, 0.4) is 0 Å². The highest BCUT2D eigenvalue weighted by Gasteiger charge is 2.25. The van der Waals surface area contributed by atoms with E-state index in [1.807, 2.05) is 0 Å². The van der Waals surface area contributed by atoms with E-state index in [-0.39, 0.29) is 12.3 Å². The summed E-state index contributed by atoms with van der Waals surface area (Å²) >= 11 is 0. The first kappa shape index (κ1) is 14.0. The Bertz CT molecular complexity index is 598. The van der Waals surface area contributed by atoms with Gasteiger partial charge in [-0.3, -0.25) is 0 Å². The number of aromatic nitrogens is 2. The molecule has 1 atom stereocenters. The first-order valence-corrected chi connectivity index (χ1v) is 6.27. The Kier molecular flexibility index (Phi) is 4.34. The molecule has 0 radical (unpaired) electrons. The van der Waals surface area contributed by atoms with Crippen LogP contribution < -0.4 is 5.32 Å². The lowest BCUT2D eigenvalue weighted by Crippen LogP contribution is -2.25. The average molecular weight is 277 g/mol. The van der Waals surface area contributed by atoms with Crippen LogP contribution in [-0.2, 0) is 16.6 Å². The van der Waals surface area contributed by atoms with Crippen molar-refractivity contribution in [3.63, 3.8) is 0 Å². The molecule has 0 bridgehead atoms. The Balaban J connectivity index is 2.31. The number of nitrogens with zero attached hydrogens (tertiary/aromatic N) is 2. The van der Waals surface area contributed by atoms with Gasteiger partial charge in [-0.1, -0.05) is 12.1 Å². The van der Waals surface area contributed by atoms with Gasteiger partial charge in [0.2, 0.25) is 0 Å². The highest BCUT2D eigenvalue weighted by molar-refractivity contribution is 5.80. The van der Waals surface area contributed by atoms with Crippen molar-refractivity contribution in [3.8, 4) is 0 Å². The van der Waals surface area contributed by atoms with Gasteiger partial charge in [0.1, 0.15) is 5.82 Å². The van der Waals surface area contributed by atoms with E-state index in [9.17, 15) is 9.18 Å². The molecule has 106 valence electrons. The number of carbonyl (C=O) groups excluding carboxylic acids is 1. The molecule has 1 N–H and O–H groups in total. The van der Waals surface area contributed by atoms with Crippen molar-refractivity contribution in [2.75, 3.05) is 11.9 Å². The van der Waals surface area contributed by atoms with E-state index in [0.717, 1.165) is 0 Å². The minimum atomic E-state index is -0.806. The second-order valence-electron chi connectivity index (χ2n) is 4.24. The number of para-hydroxylation sites is 1. The summed E-state index contributed by atoms with van der Waals surface area (Å²) in [6, 6.07) is 5.37. The number of ether oxygens (including phenoxy) is 1. The van der Waals surface area contributed by atoms with E-state index in [1.54, 1.807) is 49.3 Å². The van der Waals surface area contributed by atoms with Crippen molar-refractivity contribution in [1.29, 1.82) is 0 Å². The van der Waals surface area contributed by atoms with E-state index in [4.69, 9.17) is 4.74 Å². The molecule has 5 nitrogen and oxygen atoms in total. The number of hydrogen-bond donors (Lipinski definition) is 1. The third-order valence-electron chi connectivity index (χ3n) is 2.85. The van der Waals surface area contributed by atoms with Crippen LogP contribution in [0.25, 0.3) is 0 Å². The number of rotatable bonds is 5. The van der Waals surface area contributed by atoms with Gasteiger partial charge in [0.05, 0.1) is 30.5 Å². The Morgan fingerprint density at radius 1 is 1.50 bits per heavy atom. The van der Waals surface area contributed by atoms with E-state index >= 15 is 0 Å². The SMILES string of the molecule is CCOC(=O)C(Nc1ccccc1F)c1cncn1C. The number of hydrogen-bond acceptors (Lipinski definition) is 4. The van der Waals surface area contributed by atoms with Crippen LogP contribution in [-0.4, -0.2) is 22.1 Å². The molecule has 1 aromatic carbocycles. The summed E-state index contributed by atoms with van der Waals surface area (Å²) in [5.74, 6) is -0.900. The van der Waals surface area contributed by atoms with E-state index in [1.165, 1.54) is 6.07 Å². The second kappa shape index (κ2) is 6.18. The Labute approximate surface area is 116 Å². The molecule has 0 saturated carbocycles. The fourth-order valence-corrected chi connectivity index (χ4v) is 1.86. The lowest BCUT2D eigenvalue weighted by atomic mass is 10.2. The van der Waals surface area contributed by atoms with Gasteiger partial charge < -0.3 is 14.6 Å². The molecule has 1 heterocycles. The van der Waals surface area contributed by atoms with Crippen molar-refractivity contribution in [1.82, 2.24) is 9.55 Å². The number of benzene rings is 1. The number of carbonyl (C=O) groups is 1. The van der Waals surface area contributed by atoms with Gasteiger partial charge in [-0.15, -0.1) is 0 Å². The molecule has 0 amide bonds. The molecule has 20 heavy (non-hydrogen) atoms. The summed E-state index contributed by atoms with van der Waals surface area (Å²) in [7, 11) is 1.76. The number of aryl methyl sites for hydroxylation is 1. The molecule has 6 heteroatoms. The van der Waals surface area contributed by atoms with Crippen molar-refractivity contribution in [2.45, 2.75) is 13.0 Å². The number of nitrogens with one attached hydrogen (secondary N) is 1. The maximum atomic E-state index is 13.7. The quantitative estimate of drug-likeness (QED) is 0.852. The van der Waals surface area contributed by atoms with Crippen LogP contribution in [0.1, 0.15) is 18.7 Å². The van der Waals surface area contributed by atoms with Gasteiger partial charge in [0.25, 0.3) is 0 Å². The second-order valence-corrected chi connectivity index (χ2v) is 4.24. The monoisotopic (exact) mass is 277 g/mol. The fourth-order valence-electron chi connectivity index (χ4n) is 1.86. The summed E-state index contributed by atoms with van der Waals surface area (Å²) in [5, 5.41) is 2.86. The number of imidazole rings is 1. The fraction of sp³-hybridized carbons (Fsp3) is 0.286. The zero-order valence-electron chi connectivity index (χ0n) is 11.3. The summed E-state index contributed by atoms with van der Waals surface area (Å²) < 4.78 is 20.4. The van der Waals surface area contributed by atoms with Gasteiger partial charge in [-0.05, 0) is 19.1 Å². The molecule has 0 spiro atoms. The molecule has 0 aliphatic heterocycles. The molecule has 0 aliphatic carbocycles. The van der Waals surface area contributed by atoms with Gasteiger partial charge in [-0.25, -0.2) is 14.2 Å². The van der Waals surface area contributed by atoms with Crippen molar-refractivity contribution < 1.29 is 13.9 Å². The topological polar surface area (TPSA) is 56.1 Å². The summed E-state index contributed by atoms with van der Waals surface area (Å²) in [5.41, 5.74) is 0.846. The highest BCUT2D eigenvalue weighted by Crippen LogP contribution is 2.22. The van der Waals surface area contributed by atoms with Gasteiger partial charge in [0, 0.05) is 7.05 Å². The molecular weight excluding hydrogens is 261 g/mol.